The number of rotatable bonds is 2. The van der Waals surface area contributed by atoms with Crippen LogP contribution in [0.3, 0.4) is 0 Å². The first-order valence-electron chi connectivity index (χ1n) is 6.65. The van der Waals surface area contributed by atoms with Gasteiger partial charge in [-0.2, -0.15) is 5.26 Å². The van der Waals surface area contributed by atoms with Crippen molar-refractivity contribution >= 4 is 0 Å². The summed E-state index contributed by atoms with van der Waals surface area (Å²) in [6.07, 6.45) is 0. The maximum Gasteiger partial charge on any atom is 0.0766 e. The Labute approximate surface area is 112 Å². The molecule has 0 saturated heterocycles. The summed E-state index contributed by atoms with van der Waals surface area (Å²) in [4.78, 5) is 0. The second-order valence-electron chi connectivity index (χ2n) is 6.99. The van der Waals surface area contributed by atoms with Crippen molar-refractivity contribution in [3.05, 3.63) is 34.9 Å². The molecule has 1 aromatic rings. The first-order chi connectivity index (χ1) is 8.08. The van der Waals surface area contributed by atoms with E-state index in [1.807, 2.05) is 13.8 Å². The van der Waals surface area contributed by atoms with Crippen LogP contribution in [0.15, 0.2) is 18.2 Å². The minimum absolute atomic E-state index is 0.116. The molecule has 18 heavy (non-hydrogen) atoms. The molecule has 0 amide bonds. The smallest absolute Gasteiger partial charge is 0.0766 e. The Bertz CT molecular complexity index is 467. The third-order valence-corrected chi connectivity index (χ3v) is 3.49. The van der Waals surface area contributed by atoms with Crippen molar-refractivity contribution in [2.45, 2.75) is 65.2 Å². The lowest BCUT2D eigenvalue weighted by atomic mass is 9.78. The highest BCUT2D eigenvalue weighted by Crippen LogP contribution is 2.32. The molecule has 0 aromatic heterocycles. The van der Waals surface area contributed by atoms with E-state index in [9.17, 15) is 5.26 Å². The van der Waals surface area contributed by atoms with Crippen molar-refractivity contribution in [3.8, 4) is 6.07 Å². The molecular formula is C17H25N. The molecule has 1 nitrogen and oxygen atoms in total. The summed E-state index contributed by atoms with van der Waals surface area (Å²) in [5.41, 5.74) is 3.45. The molecule has 0 atom stereocenters. The van der Waals surface area contributed by atoms with Crippen LogP contribution in [0.25, 0.3) is 0 Å². The van der Waals surface area contributed by atoms with Gasteiger partial charge in [0.25, 0.3) is 0 Å². The summed E-state index contributed by atoms with van der Waals surface area (Å²) >= 11 is 0. The van der Waals surface area contributed by atoms with Gasteiger partial charge in [-0.1, -0.05) is 52.8 Å². The molecule has 0 bridgehead atoms. The monoisotopic (exact) mass is 243 g/mol. The van der Waals surface area contributed by atoms with Gasteiger partial charge in [0, 0.05) is 0 Å². The molecule has 1 aromatic carbocycles. The Balaban J connectivity index is 3.47. The first kappa shape index (κ1) is 14.8. The fourth-order valence-electron chi connectivity index (χ4n) is 1.84. The Morgan fingerprint density at radius 3 is 1.83 bits per heavy atom. The number of benzene rings is 1. The number of hydrogen-bond donors (Lipinski definition) is 0. The zero-order chi connectivity index (χ0) is 14.1. The highest BCUT2D eigenvalue weighted by atomic mass is 14.3. The first-order valence-corrected chi connectivity index (χ1v) is 6.65. The lowest BCUT2D eigenvalue weighted by molar-refractivity contribution is 0.583. The van der Waals surface area contributed by atoms with Crippen molar-refractivity contribution in [2.75, 3.05) is 0 Å². The largest absolute Gasteiger partial charge is 0.197 e. The quantitative estimate of drug-likeness (QED) is 0.724. The van der Waals surface area contributed by atoms with Gasteiger partial charge in [0.1, 0.15) is 0 Å². The molecule has 0 aliphatic carbocycles. The molecule has 0 unspecified atom stereocenters. The van der Waals surface area contributed by atoms with E-state index < -0.39 is 5.41 Å². The lowest BCUT2D eigenvalue weighted by Crippen LogP contribution is -2.18. The summed E-state index contributed by atoms with van der Waals surface area (Å²) in [5, 5.41) is 9.32. The summed E-state index contributed by atoms with van der Waals surface area (Å²) in [7, 11) is 0. The molecular weight excluding hydrogens is 218 g/mol. The minimum atomic E-state index is -0.426. The van der Waals surface area contributed by atoms with Crippen LogP contribution in [0.5, 0.6) is 0 Å². The molecule has 0 aliphatic rings. The van der Waals surface area contributed by atoms with Crippen molar-refractivity contribution in [2.24, 2.45) is 0 Å². The zero-order valence-electron chi connectivity index (χ0n) is 12.8. The minimum Gasteiger partial charge on any atom is -0.197 e. The molecule has 1 heteroatoms. The molecule has 0 N–H and O–H groups in total. The van der Waals surface area contributed by atoms with Gasteiger partial charge in [-0.25, -0.2) is 0 Å². The van der Waals surface area contributed by atoms with Crippen LogP contribution in [0, 0.1) is 11.3 Å². The van der Waals surface area contributed by atoms with Crippen molar-refractivity contribution in [1.29, 1.82) is 5.26 Å². The van der Waals surface area contributed by atoms with E-state index in [1.54, 1.807) is 0 Å². The average Bonchev–Trinajstić information content (AvgIpc) is 2.27. The van der Waals surface area contributed by atoms with Crippen LogP contribution >= 0.6 is 0 Å². The van der Waals surface area contributed by atoms with Crippen LogP contribution in [0.2, 0.25) is 0 Å². The van der Waals surface area contributed by atoms with E-state index in [4.69, 9.17) is 0 Å². The molecule has 0 saturated carbocycles. The van der Waals surface area contributed by atoms with E-state index in [-0.39, 0.29) is 5.41 Å². The van der Waals surface area contributed by atoms with Crippen LogP contribution in [-0.4, -0.2) is 0 Å². The van der Waals surface area contributed by atoms with E-state index >= 15 is 0 Å². The highest BCUT2D eigenvalue weighted by Gasteiger charge is 2.24. The molecule has 0 radical (unpaired) electrons. The molecule has 0 aliphatic heterocycles. The molecule has 0 fully saturated rings. The Hall–Kier alpha value is -1.29. The van der Waals surface area contributed by atoms with Crippen molar-refractivity contribution in [3.63, 3.8) is 0 Å². The van der Waals surface area contributed by atoms with Crippen molar-refractivity contribution in [1.82, 2.24) is 0 Å². The number of nitrogens with zero attached hydrogens (tertiary/aromatic N) is 1. The number of nitriles is 1. The van der Waals surface area contributed by atoms with Crippen LogP contribution in [0.4, 0.5) is 0 Å². The summed E-state index contributed by atoms with van der Waals surface area (Å²) in [6.45, 7) is 15.0. The van der Waals surface area contributed by atoms with Gasteiger partial charge in [0.2, 0.25) is 0 Å². The number of hydrogen-bond acceptors (Lipinski definition) is 1. The fraction of sp³-hybridized carbons (Fsp3) is 0.588. The van der Waals surface area contributed by atoms with Crippen LogP contribution in [-0.2, 0) is 10.8 Å². The second kappa shape index (κ2) is 4.76. The Kier molecular flexibility index (Phi) is 3.91. The van der Waals surface area contributed by atoms with Crippen molar-refractivity contribution < 1.29 is 0 Å². The molecule has 0 heterocycles. The SMILES string of the molecule is CC(C)c1cc(C(C)(C)C)cc(C(C)(C)C#N)c1. The molecule has 98 valence electrons. The van der Waals surface area contributed by atoms with E-state index in [0.29, 0.717) is 5.92 Å². The third kappa shape index (κ3) is 3.13. The third-order valence-electron chi connectivity index (χ3n) is 3.49. The van der Waals surface area contributed by atoms with Gasteiger partial charge in [0.05, 0.1) is 11.5 Å². The van der Waals surface area contributed by atoms with Gasteiger partial charge in [-0.3, -0.25) is 0 Å². The normalized spacial score (nSPS) is 12.6. The summed E-state index contributed by atoms with van der Waals surface area (Å²) in [5.74, 6) is 0.487. The Morgan fingerprint density at radius 1 is 0.944 bits per heavy atom. The van der Waals surface area contributed by atoms with E-state index in [1.165, 1.54) is 11.1 Å². The average molecular weight is 243 g/mol. The fourth-order valence-corrected chi connectivity index (χ4v) is 1.84. The predicted octanol–water partition coefficient (Wildman–Crippen LogP) is 4.91. The lowest BCUT2D eigenvalue weighted by Gasteiger charge is -2.25. The van der Waals surface area contributed by atoms with Gasteiger partial charge < -0.3 is 0 Å². The van der Waals surface area contributed by atoms with Gasteiger partial charge in [-0.15, -0.1) is 0 Å². The molecule has 0 spiro atoms. The van der Waals surface area contributed by atoms with E-state index in [2.05, 4.69) is 58.9 Å². The van der Waals surface area contributed by atoms with Crippen LogP contribution < -0.4 is 0 Å². The highest BCUT2D eigenvalue weighted by molar-refractivity contribution is 5.41. The van der Waals surface area contributed by atoms with E-state index in [0.717, 1.165) is 5.56 Å². The van der Waals surface area contributed by atoms with Gasteiger partial charge in [0.15, 0.2) is 0 Å². The summed E-state index contributed by atoms with van der Waals surface area (Å²) in [6, 6.07) is 9.06. The zero-order valence-corrected chi connectivity index (χ0v) is 12.8. The summed E-state index contributed by atoms with van der Waals surface area (Å²) < 4.78 is 0. The van der Waals surface area contributed by atoms with Gasteiger partial charge >= 0.3 is 0 Å². The topological polar surface area (TPSA) is 23.8 Å². The predicted molar refractivity (Wildman–Crippen MR) is 77.9 cm³/mol. The maximum atomic E-state index is 9.32. The van der Waals surface area contributed by atoms with Crippen LogP contribution in [0.1, 0.15) is 71.1 Å². The maximum absolute atomic E-state index is 9.32. The second-order valence-corrected chi connectivity index (χ2v) is 6.99. The van der Waals surface area contributed by atoms with Gasteiger partial charge in [-0.05, 0) is 41.9 Å². The standard InChI is InChI=1S/C17H25N/c1-12(2)13-8-14(16(3,4)5)10-15(9-13)17(6,7)11-18/h8-10,12H,1-7H3. The Morgan fingerprint density at radius 2 is 1.44 bits per heavy atom. The molecule has 1 rings (SSSR count).